The van der Waals surface area contributed by atoms with Crippen LogP contribution < -0.4 is 14.5 Å². The number of fused-ring (bicyclic) bond motifs is 7. The molecule has 0 saturated carbocycles. The molecule has 12 nitrogen and oxygen atoms in total. The van der Waals surface area contributed by atoms with E-state index < -0.39 is 74.0 Å². The molecule has 3 atom stereocenters. The van der Waals surface area contributed by atoms with Crippen LogP contribution in [0.2, 0.25) is 5.02 Å². The third kappa shape index (κ3) is 3.93. The number of benzene rings is 3. The van der Waals surface area contributed by atoms with Crippen molar-refractivity contribution >= 4 is 86.1 Å². The van der Waals surface area contributed by atoms with Gasteiger partial charge in [0.1, 0.15) is 22.3 Å². The zero-order valence-electron chi connectivity index (χ0n) is 21.4. The van der Waals surface area contributed by atoms with Crippen LogP contribution in [0.5, 0.6) is 5.75 Å². The van der Waals surface area contributed by atoms with Crippen LogP contribution in [0, 0.1) is 0 Å². The molecular formula is C28H13Cl2N2O10S2+. The van der Waals surface area contributed by atoms with Crippen LogP contribution in [0.25, 0.3) is 0 Å². The second kappa shape index (κ2) is 10.1. The second-order valence-corrected chi connectivity index (χ2v) is 11.7. The van der Waals surface area contributed by atoms with Crippen molar-refractivity contribution in [1.82, 2.24) is 0 Å². The van der Waals surface area contributed by atoms with Crippen molar-refractivity contribution in [3.8, 4) is 5.75 Å². The normalized spacial score (nSPS) is 19.5. The average molecular weight is 672 g/mol. The van der Waals surface area contributed by atoms with Crippen molar-refractivity contribution in [2.75, 3.05) is 5.32 Å². The van der Waals surface area contributed by atoms with E-state index in [0.29, 0.717) is 0 Å². The molecule has 0 aromatic heterocycles. The molecule has 4 N–H and O–H groups in total. The number of allylic oxidation sites excluding steroid dienone is 1. The molecule has 3 unspecified atom stereocenters. The van der Waals surface area contributed by atoms with Gasteiger partial charge in [-0.05, 0) is 0 Å². The van der Waals surface area contributed by atoms with Gasteiger partial charge in [0.15, 0.2) is 33.9 Å². The van der Waals surface area contributed by atoms with E-state index in [1.54, 1.807) is 12.1 Å². The summed E-state index contributed by atoms with van der Waals surface area (Å²) >= 11 is 7.40. The van der Waals surface area contributed by atoms with Crippen LogP contribution in [0.4, 0.5) is 11.4 Å². The standard InChI is InChI=1S/C28H12Cl2N2O10S2/c29-17-21-19(13-15(27(17)41-43(37)38)25(35)11-7-3-1-5-9(11)23(13)33)31-22-18(30)28(42-44(39)40)16-14(20(22)32-21)24(34)10-6-2-4-8-12(10)26(16)36/h1-8,19,31H,(H,37,38)(H,39,40)/p+1. The quantitative estimate of drug-likeness (QED) is 0.234. The van der Waals surface area contributed by atoms with Crippen molar-refractivity contribution in [2.45, 2.75) is 6.04 Å². The predicted molar refractivity (Wildman–Crippen MR) is 156 cm³/mol. The topological polar surface area (TPSA) is 187 Å². The summed E-state index contributed by atoms with van der Waals surface area (Å²) in [5.41, 5.74) is -1.52. The highest BCUT2D eigenvalue weighted by molar-refractivity contribution is 7.74. The maximum absolute atomic E-state index is 13.9. The molecule has 0 amide bonds. The summed E-state index contributed by atoms with van der Waals surface area (Å²) in [6.07, 6.45) is 0. The number of Topliss-reactive ketones (excluding diaryl/α,β-unsaturated/α-hetero) is 2. The predicted octanol–water partition coefficient (Wildman–Crippen LogP) is 2.57. The van der Waals surface area contributed by atoms with E-state index in [4.69, 9.17) is 31.6 Å². The molecule has 0 saturated heterocycles. The molecule has 4 aliphatic rings. The van der Waals surface area contributed by atoms with Gasteiger partial charge in [0.25, 0.3) is 0 Å². The van der Waals surface area contributed by atoms with Crippen molar-refractivity contribution < 1.29 is 50.1 Å². The molecule has 0 spiro atoms. The summed E-state index contributed by atoms with van der Waals surface area (Å²) < 4.78 is 52.9. The number of halogens is 2. The Bertz CT molecular complexity index is 2120. The summed E-state index contributed by atoms with van der Waals surface area (Å²) in [5.74, 6) is -3.90. The Balaban J connectivity index is 1.54. The van der Waals surface area contributed by atoms with Gasteiger partial charge in [-0.25, -0.2) is 4.99 Å². The van der Waals surface area contributed by atoms with Crippen LogP contribution in [0.1, 0.15) is 52.6 Å². The number of rotatable bonds is 4. The third-order valence-electron chi connectivity index (χ3n) is 7.52. The summed E-state index contributed by atoms with van der Waals surface area (Å²) in [6, 6.07) is 10.6. The number of anilines is 1. The van der Waals surface area contributed by atoms with E-state index in [2.05, 4.69) is 10.3 Å². The van der Waals surface area contributed by atoms with Crippen LogP contribution in [-0.2, 0) is 26.9 Å². The first-order valence-corrected chi connectivity index (χ1v) is 15.2. The number of ketones is 4. The average Bonchev–Trinajstić information content (AvgIpc) is 3.00. The van der Waals surface area contributed by atoms with E-state index in [9.17, 15) is 36.7 Å². The lowest BCUT2D eigenvalue weighted by atomic mass is 9.75. The third-order valence-corrected chi connectivity index (χ3v) is 8.88. The first kappa shape index (κ1) is 28.5. The first-order valence-electron chi connectivity index (χ1n) is 12.4. The maximum Gasteiger partial charge on any atom is 0.357 e. The Morgan fingerprint density at radius 2 is 1.27 bits per heavy atom. The molecule has 220 valence electrons. The lowest BCUT2D eigenvalue weighted by Crippen LogP contribution is -2.75. The summed E-state index contributed by atoms with van der Waals surface area (Å²) in [6.45, 7) is 0. The molecule has 0 fully saturated rings. The minimum absolute atomic E-state index is 0.000343. The number of hydrogen-bond donors (Lipinski definition) is 4. The first-order chi connectivity index (χ1) is 21.0. The highest BCUT2D eigenvalue weighted by Gasteiger charge is 2.52. The Labute approximate surface area is 261 Å². The molecule has 7 rings (SSSR count). The van der Waals surface area contributed by atoms with Crippen LogP contribution in [0.3, 0.4) is 0 Å². The van der Waals surface area contributed by atoms with Gasteiger partial charge in [-0.15, -0.1) is 0 Å². The van der Waals surface area contributed by atoms with Gasteiger partial charge in [0.2, 0.25) is 17.2 Å². The fourth-order valence-corrected chi connectivity index (χ4v) is 7.08. The second-order valence-electron chi connectivity index (χ2n) is 9.70. The monoisotopic (exact) mass is 671 g/mol. The lowest BCUT2D eigenvalue weighted by molar-refractivity contribution is -0.355. The zero-order chi connectivity index (χ0) is 31.2. The summed E-state index contributed by atoms with van der Waals surface area (Å²) in [5, 5.41) is 2.19. The molecule has 16 heteroatoms. The van der Waals surface area contributed by atoms with E-state index in [1.807, 2.05) is 0 Å². The molecule has 1 aliphatic heterocycles. The van der Waals surface area contributed by atoms with Gasteiger partial charge in [-0.2, -0.15) is 8.42 Å². The van der Waals surface area contributed by atoms with Gasteiger partial charge >= 0.3 is 22.7 Å². The van der Waals surface area contributed by atoms with Crippen molar-refractivity contribution in [3.63, 3.8) is 0 Å². The highest BCUT2D eigenvalue weighted by atomic mass is 35.5. The SMILES string of the molecule is O=C1C2=C(C(=O)c3ccccc31)C1Nc3c(Cl)c(OS(=O)O)c4c(c3[NH+]=C1C(Cl)=C2OS(=O)O)C(=O)c1ccccc1C4=O. The number of carbonyl (C=O) groups is 4. The Kier molecular flexibility index (Phi) is 6.55. The minimum Gasteiger partial charge on any atom is -0.378 e. The summed E-state index contributed by atoms with van der Waals surface area (Å²) in [7, 11) is 0. The number of nitrogens with one attached hydrogen (secondary N) is 2. The maximum atomic E-state index is 13.9. The molecule has 3 aromatic rings. The Morgan fingerprint density at radius 3 is 1.84 bits per heavy atom. The van der Waals surface area contributed by atoms with E-state index >= 15 is 0 Å². The fourth-order valence-electron chi connectivity index (χ4n) is 5.80. The molecule has 1 heterocycles. The van der Waals surface area contributed by atoms with Crippen molar-refractivity contribution in [3.05, 3.63) is 109 Å². The smallest absolute Gasteiger partial charge is 0.357 e. The van der Waals surface area contributed by atoms with Gasteiger partial charge in [-0.1, -0.05) is 71.7 Å². The zero-order valence-corrected chi connectivity index (χ0v) is 24.6. The minimum atomic E-state index is -2.98. The largest absolute Gasteiger partial charge is 0.378 e. The molecule has 0 bridgehead atoms. The highest BCUT2D eigenvalue weighted by Crippen LogP contribution is 2.49. The molecule has 3 aliphatic carbocycles. The van der Waals surface area contributed by atoms with Crippen LogP contribution in [0.15, 0.2) is 70.5 Å². The van der Waals surface area contributed by atoms with Crippen molar-refractivity contribution in [2.24, 2.45) is 0 Å². The van der Waals surface area contributed by atoms with E-state index in [-0.39, 0.29) is 61.1 Å². The Morgan fingerprint density at radius 1 is 0.750 bits per heavy atom. The number of carbonyl (C=O) groups excluding carboxylic acids is 4. The Hall–Kier alpha value is -4.31. The van der Waals surface area contributed by atoms with E-state index in [1.165, 1.54) is 36.4 Å². The van der Waals surface area contributed by atoms with Gasteiger partial charge in [-0.3, -0.25) is 28.3 Å². The van der Waals surface area contributed by atoms with E-state index in [0.717, 1.165) is 0 Å². The van der Waals surface area contributed by atoms with Crippen molar-refractivity contribution in [1.29, 1.82) is 0 Å². The van der Waals surface area contributed by atoms with Gasteiger partial charge < -0.3 is 13.7 Å². The van der Waals surface area contributed by atoms with Crippen LogP contribution >= 0.6 is 23.2 Å². The van der Waals surface area contributed by atoms with Gasteiger partial charge in [0.05, 0.1) is 11.1 Å². The molecular weight excluding hydrogens is 659 g/mol. The van der Waals surface area contributed by atoms with Gasteiger partial charge in [0, 0.05) is 27.8 Å². The summed E-state index contributed by atoms with van der Waals surface area (Å²) in [4.78, 5) is 58.0. The number of hydrogen-bond acceptors (Lipinski definition) is 9. The molecule has 0 radical (unpaired) electrons. The lowest BCUT2D eigenvalue weighted by Gasteiger charge is -2.33. The molecule has 44 heavy (non-hydrogen) atoms. The van der Waals surface area contributed by atoms with Crippen LogP contribution in [-0.4, -0.2) is 52.4 Å². The fraction of sp³-hybridized carbons (Fsp3) is 0.0357. The molecule has 3 aromatic carbocycles.